The summed E-state index contributed by atoms with van der Waals surface area (Å²) >= 11 is 0. The number of nitrogens with two attached hydrogens (primary N) is 1. The maximum atomic E-state index is 5.52. The van der Waals surface area contributed by atoms with Crippen molar-refractivity contribution in [3.8, 4) is 0 Å². The molecule has 0 aliphatic rings. The first-order valence-corrected chi connectivity index (χ1v) is 4.38. The summed E-state index contributed by atoms with van der Waals surface area (Å²) in [4.78, 5) is 0. The molecule has 0 bridgehead atoms. The van der Waals surface area contributed by atoms with Gasteiger partial charge in [0.15, 0.2) is 0 Å². The van der Waals surface area contributed by atoms with E-state index in [1.54, 1.807) is 0 Å². The van der Waals surface area contributed by atoms with E-state index in [4.69, 9.17) is 5.73 Å². The molecule has 0 aromatic rings. The van der Waals surface area contributed by atoms with Gasteiger partial charge < -0.3 is 5.73 Å². The minimum absolute atomic E-state index is 0.517. The summed E-state index contributed by atoms with van der Waals surface area (Å²) in [5.41, 5.74) is 6.04. The van der Waals surface area contributed by atoms with Crippen LogP contribution in [0.3, 0.4) is 0 Å². The first-order chi connectivity index (χ1) is 4.68. The third kappa shape index (κ3) is 3.21. The van der Waals surface area contributed by atoms with E-state index in [1.165, 1.54) is 25.7 Å². The van der Waals surface area contributed by atoms with Gasteiger partial charge in [0.05, 0.1) is 0 Å². The minimum Gasteiger partial charge on any atom is -0.330 e. The molecule has 1 heteroatoms. The summed E-state index contributed by atoms with van der Waals surface area (Å²) in [5.74, 6) is 0. The second-order valence-electron chi connectivity index (χ2n) is 3.45. The summed E-state index contributed by atoms with van der Waals surface area (Å²) < 4.78 is 0. The highest BCUT2D eigenvalue weighted by molar-refractivity contribution is 4.71. The maximum Gasteiger partial charge on any atom is -0.00721 e. The zero-order valence-corrected chi connectivity index (χ0v) is 7.61. The Morgan fingerprint density at radius 3 is 2.10 bits per heavy atom. The molecule has 0 aromatic carbocycles. The Bertz CT molecular complexity index is 72.8. The van der Waals surface area contributed by atoms with E-state index in [9.17, 15) is 0 Å². The largest absolute Gasteiger partial charge is 0.330 e. The number of hydrogen-bond donors (Lipinski definition) is 1. The molecule has 0 saturated heterocycles. The van der Waals surface area contributed by atoms with Crippen molar-refractivity contribution in [1.29, 1.82) is 0 Å². The molecule has 0 aliphatic carbocycles. The molecule has 1 nitrogen and oxygen atoms in total. The van der Waals surface area contributed by atoms with Gasteiger partial charge in [0.1, 0.15) is 0 Å². The molecule has 0 amide bonds. The van der Waals surface area contributed by atoms with Gasteiger partial charge >= 0.3 is 0 Å². The summed E-state index contributed by atoms with van der Waals surface area (Å²) in [6, 6.07) is 0. The molecular weight excluding hydrogens is 122 g/mol. The van der Waals surface area contributed by atoms with Crippen LogP contribution < -0.4 is 5.73 Å². The van der Waals surface area contributed by atoms with Crippen molar-refractivity contribution in [2.75, 3.05) is 6.54 Å². The second-order valence-corrected chi connectivity index (χ2v) is 3.45. The van der Waals surface area contributed by atoms with Crippen LogP contribution in [0.4, 0.5) is 0 Å². The molecule has 62 valence electrons. The van der Waals surface area contributed by atoms with Crippen LogP contribution in [0.5, 0.6) is 0 Å². The third-order valence-corrected chi connectivity index (χ3v) is 2.45. The Labute approximate surface area is 65.0 Å². The van der Waals surface area contributed by atoms with Gasteiger partial charge in [0.2, 0.25) is 0 Å². The topological polar surface area (TPSA) is 26.0 Å². The van der Waals surface area contributed by atoms with Gasteiger partial charge in [0.25, 0.3) is 0 Å². The van der Waals surface area contributed by atoms with Crippen LogP contribution in [-0.4, -0.2) is 6.54 Å². The third-order valence-electron chi connectivity index (χ3n) is 2.45. The lowest BCUT2D eigenvalue weighted by Crippen LogP contribution is -2.19. The summed E-state index contributed by atoms with van der Waals surface area (Å²) in [7, 11) is 0. The fourth-order valence-electron chi connectivity index (χ4n) is 1.43. The van der Waals surface area contributed by atoms with Crippen molar-refractivity contribution >= 4 is 0 Å². The molecule has 0 aromatic heterocycles. The zero-order valence-electron chi connectivity index (χ0n) is 7.61. The van der Waals surface area contributed by atoms with Gasteiger partial charge in [-0.2, -0.15) is 0 Å². The van der Waals surface area contributed by atoms with E-state index in [2.05, 4.69) is 20.8 Å². The molecule has 2 N–H and O–H groups in total. The van der Waals surface area contributed by atoms with Crippen molar-refractivity contribution in [3.63, 3.8) is 0 Å². The summed E-state index contributed by atoms with van der Waals surface area (Å²) in [6.45, 7) is 7.67. The van der Waals surface area contributed by atoms with Gasteiger partial charge in [-0.3, -0.25) is 0 Å². The first kappa shape index (κ1) is 9.96. The van der Waals surface area contributed by atoms with E-state index < -0.39 is 0 Å². The molecule has 0 spiro atoms. The SMILES string of the molecule is CCCC(C)(CC)CCN. The highest BCUT2D eigenvalue weighted by Gasteiger charge is 2.18. The predicted molar refractivity (Wildman–Crippen MR) is 47.0 cm³/mol. The lowest BCUT2D eigenvalue weighted by molar-refractivity contribution is 0.263. The Kier molecular flexibility index (Phi) is 4.71. The number of rotatable bonds is 5. The van der Waals surface area contributed by atoms with Crippen molar-refractivity contribution in [2.45, 2.75) is 46.5 Å². The van der Waals surface area contributed by atoms with Crippen molar-refractivity contribution in [1.82, 2.24) is 0 Å². The maximum absolute atomic E-state index is 5.52. The van der Waals surface area contributed by atoms with Gasteiger partial charge in [-0.25, -0.2) is 0 Å². The molecule has 0 heterocycles. The molecular formula is C9H21N. The minimum atomic E-state index is 0.517. The second kappa shape index (κ2) is 4.73. The van der Waals surface area contributed by atoms with E-state index in [-0.39, 0.29) is 0 Å². The molecule has 1 unspecified atom stereocenters. The van der Waals surface area contributed by atoms with Gasteiger partial charge in [-0.05, 0) is 24.8 Å². The Balaban J connectivity index is 3.69. The molecule has 0 saturated carbocycles. The van der Waals surface area contributed by atoms with Crippen LogP contribution in [0.25, 0.3) is 0 Å². The van der Waals surface area contributed by atoms with E-state index >= 15 is 0 Å². The fraction of sp³-hybridized carbons (Fsp3) is 1.00. The molecule has 0 radical (unpaired) electrons. The standard InChI is InChI=1S/C9H21N/c1-4-6-9(3,5-2)7-8-10/h4-8,10H2,1-3H3. The normalized spacial score (nSPS) is 16.8. The van der Waals surface area contributed by atoms with Gasteiger partial charge in [-0.15, -0.1) is 0 Å². The monoisotopic (exact) mass is 143 g/mol. The van der Waals surface area contributed by atoms with Crippen LogP contribution in [0.1, 0.15) is 46.5 Å². The van der Waals surface area contributed by atoms with Crippen LogP contribution in [0.15, 0.2) is 0 Å². The molecule has 1 atom stereocenters. The smallest absolute Gasteiger partial charge is 0.00721 e. The van der Waals surface area contributed by atoms with E-state index in [0.29, 0.717) is 5.41 Å². The van der Waals surface area contributed by atoms with Crippen LogP contribution in [0, 0.1) is 5.41 Å². The van der Waals surface area contributed by atoms with Gasteiger partial charge in [0, 0.05) is 0 Å². The van der Waals surface area contributed by atoms with E-state index in [0.717, 1.165) is 6.54 Å². The average Bonchev–Trinajstić information content (AvgIpc) is 1.89. The Morgan fingerprint density at radius 1 is 1.20 bits per heavy atom. The van der Waals surface area contributed by atoms with E-state index in [1.807, 2.05) is 0 Å². The fourth-order valence-corrected chi connectivity index (χ4v) is 1.43. The average molecular weight is 143 g/mol. The predicted octanol–water partition coefficient (Wildman–Crippen LogP) is 2.55. The molecule has 0 aliphatic heterocycles. The van der Waals surface area contributed by atoms with Crippen LogP contribution in [-0.2, 0) is 0 Å². The van der Waals surface area contributed by atoms with Crippen LogP contribution in [0.2, 0.25) is 0 Å². The lowest BCUT2D eigenvalue weighted by Gasteiger charge is -2.26. The molecule has 0 fully saturated rings. The number of hydrogen-bond acceptors (Lipinski definition) is 1. The zero-order chi connectivity index (χ0) is 8.04. The van der Waals surface area contributed by atoms with Crippen molar-refractivity contribution in [2.24, 2.45) is 11.1 Å². The molecule has 0 rings (SSSR count). The summed E-state index contributed by atoms with van der Waals surface area (Å²) in [6.07, 6.45) is 5.04. The Hall–Kier alpha value is -0.0400. The summed E-state index contributed by atoms with van der Waals surface area (Å²) in [5, 5.41) is 0. The Morgan fingerprint density at radius 2 is 1.80 bits per heavy atom. The van der Waals surface area contributed by atoms with Gasteiger partial charge in [-0.1, -0.05) is 33.6 Å². The van der Waals surface area contributed by atoms with Crippen LogP contribution >= 0.6 is 0 Å². The van der Waals surface area contributed by atoms with Crippen molar-refractivity contribution in [3.05, 3.63) is 0 Å². The highest BCUT2D eigenvalue weighted by Crippen LogP contribution is 2.30. The molecule has 10 heavy (non-hydrogen) atoms. The van der Waals surface area contributed by atoms with Crippen molar-refractivity contribution < 1.29 is 0 Å². The first-order valence-electron chi connectivity index (χ1n) is 4.38. The quantitative estimate of drug-likeness (QED) is 0.629. The highest BCUT2D eigenvalue weighted by atomic mass is 14.5. The lowest BCUT2D eigenvalue weighted by atomic mass is 9.80.